The van der Waals surface area contributed by atoms with E-state index in [0.717, 1.165) is 31.4 Å². The third kappa shape index (κ3) is 5.39. The van der Waals surface area contributed by atoms with Crippen LogP contribution in [0.3, 0.4) is 0 Å². The summed E-state index contributed by atoms with van der Waals surface area (Å²) >= 11 is 0. The molecule has 3 rings (SSSR count). The lowest BCUT2D eigenvalue weighted by Crippen LogP contribution is -2.51. The van der Waals surface area contributed by atoms with Gasteiger partial charge in [0.15, 0.2) is 0 Å². The van der Waals surface area contributed by atoms with Crippen molar-refractivity contribution in [1.29, 1.82) is 0 Å². The number of carbonyl (C=O) groups is 2. The van der Waals surface area contributed by atoms with Crippen molar-refractivity contribution in [2.75, 3.05) is 13.1 Å². The molecule has 1 unspecified atom stereocenters. The first-order valence-electron chi connectivity index (χ1n) is 9.61. The number of hydrogen-bond acceptors (Lipinski definition) is 3. The molecule has 0 aliphatic carbocycles. The molecule has 1 fully saturated rings. The van der Waals surface area contributed by atoms with Crippen LogP contribution in [0.2, 0.25) is 0 Å². The molecule has 5 nitrogen and oxygen atoms in total. The zero-order valence-corrected chi connectivity index (χ0v) is 15.9. The number of aryl methyl sites for hydroxylation is 1. The molecule has 0 N–H and O–H groups in total. The standard InChI is InChI=1S/C22H27N3O2/c1-18(26)25(16-20-9-5-13-23-15-20)21-10-6-14-24(17-21)22(27)12-11-19-7-3-2-4-8-19/h2-5,7-9,13,15,21H,6,10-12,14,16-17H2,1H3. The molecule has 1 aliphatic rings. The monoisotopic (exact) mass is 365 g/mol. The van der Waals surface area contributed by atoms with Crippen LogP contribution >= 0.6 is 0 Å². The summed E-state index contributed by atoms with van der Waals surface area (Å²) < 4.78 is 0. The van der Waals surface area contributed by atoms with Crippen molar-refractivity contribution in [3.8, 4) is 0 Å². The fraction of sp³-hybridized carbons (Fsp3) is 0.409. The summed E-state index contributed by atoms with van der Waals surface area (Å²) in [6.45, 7) is 3.54. The number of piperidine rings is 1. The maximum Gasteiger partial charge on any atom is 0.222 e. The Morgan fingerprint density at radius 3 is 2.63 bits per heavy atom. The van der Waals surface area contributed by atoms with E-state index in [-0.39, 0.29) is 17.9 Å². The molecular weight excluding hydrogens is 338 g/mol. The third-order valence-electron chi connectivity index (χ3n) is 5.14. The first-order chi connectivity index (χ1) is 13.1. The van der Waals surface area contributed by atoms with E-state index in [9.17, 15) is 9.59 Å². The zero-order valence-electron chi connectivity index (χ0n) is 15.9. The zero-order chi connectivity index (χ0) is 19.1. The minimum atomic E-state index is 0.0439. The fourth-order valence-electron chi connectivity index (χ4n) is 3.68. The third-order valence-corrected chi connectivity index (χ3v) is 5.14. The molecule has 0 bridgehead atoms. The summed E-state index contributed by atoms with van der Waals surface area (Å²) in [6.07, 6.45) is 6.66. The lowest BCUT2D eigenvalue weighted by molar-refractivity contribution is -0.139. The van der Waals surface area contributed by atoms with Crippen molar-refractivity contribution in [2.45, 2.75) is 45.2 Å². The summed E-state index contributed by atoms with van der Waals surface area (Å²) in [5.41, 5.74) is 2.20. The van der Waals surface area contributed by atoms with Crippen LogP contribution in [-0.2, 0) is 22.6 Å². The number of rotatable bonds is 6. The molecule has 2 aromatic rings. The van der Waals surface area contributed by atoms with Gasteiger partial charge in [0.05, 0.1) is 0 Å². The highest BCUT2D eigenvalue weighted by Gasteiger charge is 2.29. The Hall–Kier alpha value is -2.69. The van der Waals surface area contributed by atoms with Crippen molar-refractivity contribution in [2.24, 2.45) is 0 Å². The Kier molecular flexibility index (Phi) is 6.58. The van der Waals surface area contributed by atoms with Crippen LogP contribution in [0.5, 0.6) is 0 Å². The average molecular weight is 365 g/mol. The van der Waals surface area contributed by atoms with Crippen LogP contribution in [0.4, 0.5) is 0 Å². The van der Waals surface area contributed by atoms with Gasteiger partial charge in [0.1, 0.15) is 0 Å². The summed E-state index contributed by atoms with van der Waals surface area (Å²) in [6, 6.07) is 14.0. The van der Waals surface area contributed by atoms with Crippen LogP contribution < -0.4 is 0 Å². The van der Waals surface area contributed by atoms with Gasteiger partial charge >= 0.3 is 0 Å². The van der Waals surface area contributed by atoms with E-state index in [1.165, 1.54) is 5.56 Å². The van der Waals surface area contributed by atoms with Gasteiger partial charge in [0.25, 0.3) is 0 Å². The molecule has 1 aromatic carbocycles. The van der Waals surface area contributed by atoms with Gasteiger partial charge in [-0.3, -0.25) is 14.6 Å². The lowest BCUT2D eigenvalue weighted by Gasteiger charge is -2.39. The van der Waals surface area contributed by atoms with E-state index in [4.69, 9.17) is 0 Å². The number of pyridine rings is 1. The Bertz CT molecular complexity index is 749. The average Bonchev–Trinajstić information content (AvgIpc) is 2.71. The molecule has 0 saturated carbocycles. The number of nitrogens with zero attached hydrogens (tertiary/aromatic N) is 3. The number of benzene rings is 1. The quantitative estimate of drug-likeness (QED) is 0.791. The van der Waals surface area contributed by atoms with Crippen molar-refractivity contribution >= 4 is 11.8 Å². The highest BCUT2D eigenvalue weighted by molar-refractivity contribution is 5.77. The van der Waals surface area contributed by atoms with E-state index in [1.54, 1.807) is 19.3 Å². The molecule has 2 heterocycles. The molecule has 0 spiro atoms. The van der Waals surface area contributed by atoms with Gasteiger partial charge in [0.2, 0.25) is 11.8 Å². The van der Waals surface area contributed by atoms with E-state index in [1.807, 2.05) is 40.1 Å². The summed E-state index contributed by atoms with van der Waals surface area (Å²) in [5, 5.41) is 0. The predicted molar refractivity (Wildman–Crippen MR) is 105 cm³/mol. The van der Waals surface area contributed by atoms with Crippen LogP contribution in [0.25, 0.3) is 0 Å². The first-order valence-corrected chi connectivity index (χ1v) is 9.61. The summed E-state index contributed by atoms with van der Waals surface area (Å²) in [5.74, 6) is 0.218. The van der Waals surface area contributed by atoms with E-state index in [2.05, 4.69) is 17.1 Å². The largest absolute Gasteiger partial charge is 0.341 e. The summed E-state index contributed by atoms with van der Waals surface area (Å²) in [4.78, 5) is 32.9. The Labute approximate surface area is 161 Å². The maximum absolute atomic E-state index is 12.7. The Morgan fingerprint density at radius 2 is 1.93 bits per heavy atom. The molecule has 2 amide bonds. The van der Waals surface area contributed by atoms with Gasteiger partial charge in [-0.05, 0) is 36.5 Å². The van der Waals surface area contributed by atoms with Crippen molar-refractivity contribution < 1.29 is 9.59 Å². The normalized spacial score (nSPS) is 16.8. The molecule has 1 saturated heterocycles. The molecule has 1 aromatic heterocycles. The lowest BCUT2D eigenvalue weighted by atomic mass is 10.0. The number of hydrogen-bond donors (Lipinski definition) is 0. The van der Waals surface area contributed by atoms with Crippen LogP contribution in [0, 0.1) is 0 Å². The number of aromatic nitrogens is 1. The Morgan fingerprint density at radius 1 is 1.15 bits per heavy atom. The van der Waals surface area contributed by atoms with Gasteiger partial charge in [-0.2, -0.15) is 0 Å². The topological polar surface area (TPSA) is 53.5 Å². The van der Waals surface area contributed by atoms with E-state index < -0.39 is 0 Å². The summed E-state index contributed by atoms with van der Waals surface area (Å²) in [7, 11) is 0. The number of carbonyl (C=O) groups excluding carboxylic acids is 2. The molecule has 27 heavy (non-hydrogen) atoms. The molecule has 5 heteroatoms. The molecule has 1 aliphatic heterocycles. The molecule has 1 atom stereocenters. The van der Waals surface area contributed by atoms with Crippen LogP contribution in [-0.4, -0.2) is 45.7 Å². The predicted octanol–water partition coefficient (Wildman–Crippen LogP) is 3.05. The van der Waals surface area contributed by atoms with Crippen molar-refractivity contribution in [3.05, 3.63) is 66.0 Å². The van der Waals surface area contributed by atoms with Gasteiger partial charge < -0.3 is 9.80 Å². The fourth-order valence-corrected chi connectivity index (χ4v) is 3.68. The first kappa shape index (κ1) is 19.1. The molecule has 142 valence electrons. The SMILES string of the molecule is CC(=O)N(Cc1cccnc1)C1CCCN(C(=O)CCc2ccccc2)C1. The van der Waals surface area contributed by atoms with Crippen molar-refractivity contribution in [1.82, 2.24) is 14.8 Å². The number of likely N-dealkylation sites (tertiary alicyclic amines) is 1. The highest BCUT2D eigenvalue weighted by atomic mass is 16.2. The second-order valence-corrected chi connectivity index (χ2v) is 7.13. The van der Waals surface area contributed by atoms with Gasteiger partial charge in [-0.25, -0.2) is 0 Å². The minimum Gasteiger partial charge on any atom is -0.341 e. The van der Waals surface area contributed by atoms with E-state index in [0.29, 0.717) is 19.5 Å². The van der Waals surface area contributed by atoms with Gasteiger partial charge in [-0.1, -0.05) is 36.4 Å². The highest BCUT2D eigenvalue weighted by Crippen LogP contribution is 2.19. The molecule has 0 radical (unpaired) electrons. The van der Waals surface area contributed by atoms with Crippen LogP contribution in [0.15, 0.2) is 54.9 Å². The molecular formula is C22H27N3O2. The second-order valence-electron chi connectivity index (χ2n) is 7.13. The van der Waals surface area contributed by atoms with Crippen molar-refractivity contribution in [3.63, 3.8) is 0 Å². The second kappa shape index (κ2) is 9.31. The van der Waals surface area contributed by atoms with Crippen LogP contribution in [0.1, 0.15) is 37.3 Å². The van der Waals surface area contributed by atoms with Gasteiger partial charge in [-0.15, -0.1) is 0 Å². The smallest absolute Gasteiger partial charge is 0.222 e. The Balaban J connectivity index is 1.59. The minimum absolute atomic E-state index is 0.0439. The maximum atomic E-state index is 12.7. The van der Waals surface area contributed by atoms with Gasteiger partial charge in [0, 0.05) is 51.4 Å². The van der Waals surface area contributed by atoms with E-state index >= 15 is 0 Å². The number of amides is 2.